The minimum atomic E-state index is 0.598. The zero-order chi connectivity index (χ0) is 16.6. The van der Waals surface area contributed by atoms with E-state index < -0.39 is 0 Å². The number of aromatic nitrogens is 1. The summed E-state index contributed by atoms with van der Waals surface area (Å²) in [6, 6.07) is 20.6. The van der Waals surface area contributed by atoms with Crippen LogP contribution in [-0.4, -0.2) is 4.98 Å². The normalized spacial score (nSPS) is 10.5. The predicted molar refractivity (Wildman–Crippen MR) is 96.7 cm³/mol. The van der Waals surface area contributed by atoms with Crippen LogP contribution in [0.2, 0.25) is 0 Å². The lowest BCUT2D eigenvalue weighted by Gasteiger charge is -2.10. The Labute approximate surface area is 143 Å². The summed E-state index contributed by atoms with van der Waals surface area (Å²) in [6.07, 6.45) is 3.63. The smallest absolute Gasteiger partial charge is 0.120 e. The Bertz CT molecular complexity index is 772. The minimum Gasteiger partial charge on any atom is -0.489 e. The predicted octanol–water partition coefficient (Wildman–Crippen LogP) is 4.26. The second kappa shape index (κ2) is 8.27. The summed E-state index contributed by atoms with van der Waals surface area (Å²) in [5, 5.41) is 3.44. The third kappa shape index (κ3) is 4.67. The quantitative estimate of drug-likeness (QED) is 0.707. The number of rotatable bonds is 7. The molecule has 122 valence electrons. The zero-order valence-corrected chi connectivity index (χ0v) is 13.9. The summed E-state index contributed by atoms with van der Waals surface area (Å²) in [5.74, 6) is 0.904. The van der Waals surface area contributed by atoms with Gasteiger partial charge in [-0.2, -0.15) is 0 Å². The van der Waals surface area contributed by atoms with E-state index in [0.29, 0.717) is 6.61 Å². The summed E-state index contributed by atoms with van der Waals surface area (Å²) in [4.78, 5) is 4.03. The van der Waals surface area contributed by atoms with Crippen LogP contribution in [0.4, 0.5) is 0 Å². The highest BCUT2D eigenvalue weighted by atomic mass is 16.5. The van der Waals surface area contributed by atoms with Gasteiger partial charge in [0.05, 0.1) is 0 Å². The highest BCUT2D eigenvalue weighted by molar-refractivity contribution is 5.30. The maximum atomic E-state index is 5.94. The van der Waals surface area contributed by atoms with E-state index in [1.54, 1.807) is 0 Å². The lowest BCUT2D eigenvalue weighted by atomic mass is 10.1. The van der Waals surface area contributed by atoms with Gasteiger partial charge in [-0.05, 0) is 53.4 Å². The van der Waals surface area contributed by atoms with E-state index in [0.717, 1.165) is 18.8 Å². The zero-order valence-electron chi connectivity index (χ0n) is 13.9. The van der Waals surface area contributed by atoms with Crippen molar-refractivity contribution >= 4 is 0 Å². The highest BCUT2D eigenvalue weighted by Crippen LogP contribution is 2.16. The van der Waals surface area contributed by atoms with Crippen molar-refractivity contribution in [1.82, 2.24) is 10.3 Å². The molecule has 0 fully saturated rings. The van der Waals surface area contributed by atoms with Crippen LogP contribution < -0.4 is 10.1 Å². The van der Waals surface area contributed by atoms with Gasteiger partial charge in [0.2, 0.25) is 0 Å². The second-order valence-electron chi connectivity index (χ2n) is 5.82. The molecule has 0 unspecified atom stereocenters. The number of aryl methyl sites for hydroxylation is 1. The molecular formula is C21H22N2O. The van der Waals surface area contributed by atoms with Crippen LogP contribution in [0.5, 0.6) is 5.75 Å². The van der Waals surface area contributed by atoms with Gasteiger partial charge in [-0.15, -0.1) is 0 Å². The van der Waals surface area contributed by atoms with Crippen molar-refractivity contribution in [3.8, 4) is 5.75 Å². The molecular weight excluding hydrogens is 296 g/mol. The SMILES string of the molecule is Cc1ccccc1COc1cccc(CNCc2ccncc2)c1. The fourth-order valence-electron chi connectivity index (χ4n) is 2.53. The molecule has 3 aromatic rings. The second-order valence-corrected chi connectivity index (χ2v) is 5.82. The minimum absolute atomic E-state index is 0.598. The maximum absolute atomic E-state index is 5.94. The average molecular weight is 318 g/mol. The molecule has 0 aliphatic rings. The molecule has 0 radical (unpaired) electrons. The first kappa shape index (κ1) is 16.2. The molecule has 0 saturated heterocycles. The van der Waals surface area contributed by atoms with Crippen molar-refractivity contribution in [3.63, 3.8) is 0 Å². The summed E-state index contributed by atoms with van der Waals surface area (Å²) in [5.41, 5.74) is 4.93. The molecule has 0 spiro atoms. The van der Waals surface area contributed by atoms with Crippen molar-refractivity contribution in [2.24, 2.45) is 0 Å². The van der Waals surface area contributed by atoms with Gasteiger partial charge in [-0.3, -0.25) is 4.98 Å². The first-order valence-corrected chi connectivity index (χ1v) is 8.17. The van der Waals surface area contributed by atoms with Gasteiger partial charge < -0.3 is 10.1 Å². The average Bonchev–Trinajstić information content (AvgIpc) is 2.62. The summed E-state index contributed by atoms with van der Waals surface area (Å²) in [6.45, 7) is 4.35. The molecule has 0 aliphatic heterocycles. The van der Waals surface area contributed by atoms with Gasteiger partial charge in [0.25, 0.3) is 0 Å². The number of nitrogens with zero attached hydrogens (tertiary/aromatic N) is 1. The first-order chi connectivity index (χ1) is 11.8. The first-order valence-electron chi connectivity index (χ1n) is 8.17. The van der Waals surface area contributed by atoms with E-state index >= 15 is 0 Å². The van der Waals surface area contributed by atoms with Gasteiger partial charge in [-0.1, -0.05) is 36.4 Å². The fourth-order valence-corrected chi connectivity index (χ4v) is 2.53. The van der Waals surface area contributed by atoms with E-state index in [1.807, 2.05) is 48.8 Å². The molecule has 3 rings (SSSR count). The molecule has 0 aliphatic carbocycles. The van der Waals surface area contributed by atoms with Crippen molar-refractivity contribution in [2.75, 3.05) is 0 Å². The molecule has 1 aromatic heterocycles. The van der Waals surface area contributed by atoms with Crippen LogP contribution in [0.1, 0.15) is 22.3 Å². The van der Waals surface area contributed by atoms with Crippen molar-refractivity contribution < 1.29 is 4.74 Å². The summed E-state index contributed by atoms with van der Waals surface area (Å²) in [7, 11) is 0. The number of benzene rings is 2. The van der Waals surface area contributed by atoms with Gasteiger partial charge in [0.1, 0.15) is 12.4 Å². The Morgan fingerprint density at radius 3 is 2.50 bits per heavy atom. The van der Waals surface area contributed by atoms with Crippen LogP contribution >= 0.6 is 0 Å². The number of hydrogen-bond donors (Lipinski definition) is 1. The lowest BCUT2D eigenvalue weighted by Crippen LogP contribution is -2.12. The molecule has 1 N–H and O–H groups in total. The Balaban J connectivity index is 1.53. The molecule has 24 heavy (non-hydrogen) atoms. The van der Waals surface area contributed by atoms with E-state index in [-0.39, 0.29) is 0 Å². The fraction of sp³-hybridized carbons (Fsp3) is 0.190. The number of nitrogens with one attached hydrogen (secondary N) is 1. The Morgan fingerprint density at radius 2 is 1.67 bits per heavy atom. The highest BCUT2D eigenvalue weighted by Gasteiger charge is 2.01. The molecule has 3 heteroatoms. The van der Waals surface area contributed by atoms with Crippen molar-refractivity contribution in [2.45, 2.75) is 26.6 Å². The van der Waals surface area contributed by atoms with Gasteiger partial charge in [0.15, 0.2) is 0 Å². The third-order valence-corrected chi connectivity index (χ3v) is 3.96. The molecule has 0 saturated carbocycles. The van der Waals surface area contributed by atoms with Crippen molar-refractivity contribution in [1.29, 1.82) is 0 Å². The molecule has 2 aromatic carbocycles. The summed E-state index contributed by atoms with van der Waals surface area (Å²) < 4.78 is 5.94. The van der Waals surface area contributed by atoms with Crippen LogP contribution in [-0.2, 0) is 19.7 Å². The van der Waals surface area contributed by atoms with Gasteiger partial charge in [0, 0.05) is 25.5 Å². The molecule has 1 heterocycles. The number of ether oxygens (including phenoxy) is 1. The lowest BCUT2D eigenvalue weighted by molar-refractivity contribution is 0.305. The van der Waals surface area contributed by atoms with Crippen LogP contribution in [0.25, 0.3) is 0 Å². The third-order valence-electron chi connectivity index (χ3n) is 3.96. The van der Waals surface area contributed by atoms with E-state index in [1.165, 1.54) is 22.3 Å². The topological polar surface area (TPSA) is 34.1 Å². The Morgan fingerprint density at radius 1 is 0.875 bits per heavy atom. The Kier molecular flexibility index (Phi) is 5.59. The van der Waals surface area contributed by atoms with Crippen LogP contribution in [0.15, 0.2) is 73.1 Å². The molecule has 0 atom stereocenters. The number of pyridine rings is 1. The standard InChI is InChI=1S/C21H22N2O/c1-17-5-2-3-7-20(17)16-24-21-8-4-6-19(13-21)15-23-14-18-9-11-22-12-10-18/h2-13,23H,14-16H2,1H3. The van der Waals surface area contributed by atoms with E-state index in [4.69, 9.17) is 4.74 Å². The van der Waals surface area contributed by atoms with E-state index in [9.17, 15) is 0 Å². The van der Waals surface area contributed by atoms with Crippen molar-refractivity contribution in [3.05, 3.63) is 95.3 Å². The monoisotopic (exact) mass is 318 g/mol. The van der Waals surface area contributed by atoms with Crippen LogP contribution in [0, 0.1) is 6.92 Å². The molecule has 0 bridgehead atoms. The number of hydrogen-bond acceptors (Lipinski definition) is 3. The molecule has 0 amide bonds. The van der Waals surface area contributed by atoms with Gasteiger partial charge >= 0.3 is 0 Å². The Hall–Kier alpha value is -2.65. The molecule has 3 nitrogen and oxygen atoms in total. The van der Waals surface area contributed by atoms with Gasteiger partial charge in [-0.25, -0.2) is 0 Å². The summed E-state index contributed by atoms with van der Waals surface area (Å²) >= 11 is 0. The maximum Gasteiger partial charge on any atom is 0.120 e. The van der Waals surface area contributed by atoms with Crippen LogP contribution in [0.3, 0.4) is 0 Å². The van der Waals surface area contributed by atoms with E-state index in [2.05, 4.69) is 41.5 Å². The largest absolute Gasteiger partial charge is 0.489 e.